The molecule has 3 saturated heterocycles. The van der Waals surface area contributed by atoms with Crippen molar-refractivity contribution in [3.63, 3.8) is 0 Å². The smallest absolute Gasteiger partial charge is 0.319 e. The molecule has 5 heterocycles. The zero-order chi connectivity index (χ0) is 30.3. The van der Waals surface area contributed by atoms with Gasteiger partial charge in [0.2, 0.25) is 0 Å². The van der Waals surface area contributed by atoms with Crippen molar-refractivity contribution >= 4 is 39.1 Å². The second-order valence-corrected chi connectivity index (χ2v) is 14.8. The van der Waals surface area contributed by atoms with E-state index in [4.69, 9.17) is 26.3 Å². The van der Waals surface area contributed by atoms with Crippen molar-refractivity contribution in [2.24, 2.45) is 17.3 Å². The largest absolute Gasteiger partial charge is 0.508 e. The molecule has 2 aliphatic carbocycles. The van der Waals surface area contributed by atoms with Crippen molar-refractivity contribution in [2.75, 3.05) is 44.2 Å². The number of anilines is 1. The van der Waals surface area contributed by atoms with Crippen LogP contribution in [0, 0.1) is 23.1 Å². The lowest BCUT2D eigenvalue weighted by Crippen LogP contribution is -2.51. The van der Waals surface area contributed by atoms with Gasteiger partial charge in [-0.3, -0.25) is 4.98 Å². The fourth-order valence-corrected chi connectivity index (χ4v) is 8.98. The van der Waals surface area contributed by atoms with E-state index in [1.807, 2.05) is 12.1 Å². The summed E-state index contributed by atoms with van der Waals surface area (Å²) in [4.78, 5) is 19.2. The third-order valence-corrected chi connectivity index (χ3v) is 11.3. The number of piperidine rings is 1. The molecule has 8 nitrogen and oxygen atoms in total. The molecule has 2 N–H and O–H groups in total. The lowest BCUT2D eigenvalue weighted by molar-refractivity contribution is 0.110. The molecule has 2 saturated carbocycles. The molecule has 2 unspecified atom stereocenters. The predicted molar refractivity (Wildman–Crippen MR) is 173 cm³/mol. The summed E-state index contributed by atoms with van der Waals surface area (Å²) in [6, 6.07) is 9.52. The van der Waals surface area contributed by atoms with Gasteiger partial charge in [0.15, 0.2) is 5.82 Å². The lowest BCUT2D eigenvalue weighted by atomic mass is 9.97. The molecule has 0 amide bonds. The highest BCUT2D eigenvalue weighted by Crippen LogP contribution is 2.48. The maximum atomic E-state index is 16.7. The van der Waals surface area contributed by atoms with Gasteiger partial charge in [0.05, 0.1) is 12.0 Å². The highest BCUT2D eigenvalue weighted by atomic mass is 35.5. The van der Waals surface area contributed by atoms with Crippen LogP contribution in [0.2, 0.25) is 5.02 Å². The van der Waals surface area contributed by atoms with E-state index in [1.165, 1.54) is 38.4 Å². The first-order chi connectivity index (χ1) is 21.9. The second-order valence-electron chi connectivity index (χ2n) is 14.4. The number of likely N-dealkylation sites (tertiary alicyclic amines) is 1. The number of fused-ring (bicyclic) bond motifs is 6. The Labute approximate surface area is 266 Å². The Morgan fingerprint density at radius 1 is 1.02 bits per heavy atom. The number of halogens is 2. The highest BCUT2D eigenvalue weighted by Gasteiger charge is 2.47. The Morgan fingerprint density at radius 3 is 2.56 bits per heavy atom. The van der Waals surface area contributed by atoms with Crippen LogP contribution in [0.1, 0.15) is 44.9 Å². The summed E-state index contributed by atoms with van der Waals surface area (Å²) in [5.41, 5.74) is 0.797. The van der Waals surface area contributed by atoms with Crippen molar-refractivity contribution in [1.82, 2.24) is 25.2 Å². The number of rotatable bonds is 7. The first-order valence-electron chi connectivity index (χ1n) is 16.5. The molecule has 10 heteroatoms. The van der Waals surface area contributed by atoms with E-state index >= 15 is 4.39 Å². The monoisotopic (exact) mass is 628 g/mol. The SMILES string of the molecule is Oc1cc(-c2ncc3c(N4C[C@H]5CC[C@@H](C4)N5)nc(OCC4(CN5CC6CCC(C6)C5)CC4)nc3c2F)c2c(Cl)cccc2c1. The quantitative estimate of drug-likeness (QED) is 0.251. The van der Waals surface area contributed by atoms with E-state index < -0.39 is 5.82 Å². The van der Waals surface area contributed by atoms with Gasteiger partial charge in [0, 0.05) is 72.4 Å². The molecule has 2 aromatic heterocycles. The number of phenolic OH excluding ortho intramolecular Hbond substituents is 1. The predicted octanol–water partition coefficient (Wildman–Crippen LogP) is 6.17. The molecule has 0 spiro atoms. The number of piperazine rings is 1. The number of nitrogens with zero attached hydrogens (tertiary/aromatic N) is 5. The second kappa shape index (κ2) is 10.6. The minimum atomic E-state index is -0.573. The van der Waals surface area contributed by atoms with E-state index in [9.17, 15) is 5.11 Å². The van der Waals surface area contributed by atoms with Gasteiger partial charge in [-0.15, -0.1) is 0 Å². The van der Waals surface area contributed by atoms with E-state index in [0.29, 0.717) is 51.3 Å². The fraction of sp³-hybridized carbons (Fsp3) is 0.514. The van der Waals surface area contributed by atoms with Crippen LogP contribution in [-0.2, 0) is 0 Å². The van der Waals surface area contributed by atoms with Gasteiger partial charge >= 0.3 is 6.01 Å². The molecule has 2 aromatic carbocycles. The minimum absolute atomic E-state index is 0.0150. The first-order valence-corrected chi connectivity index (χ1v) is 16.9. The van der Waals surface area contributed by atoms with E-state index in [1.54, 1.807) is 18.3 Å². The number of hydrogen-bond acceptors (Lipinski definition) is 8. The number of nitrogens with one attached hydrogen (secondary N) is 1. The number of phenols is 1. The van der Waals surface area contributed by atoms with Gasteiger partial charge in [-0.05, 0) is 80.4 Å². The Bertz CT molecular complexity index is 1790. The van der Waals surface area contributed by atoms with Crippen molar-refractivity contribution < 1.29 is 14.2 Å². The third-order valence-electron chi connectivity index (χ3n) is 11.0. The molecule has 45 heavy (non-hydrogen) atoms. The zero-order valence-corrected chi connectivity index (χ0v) is 26.1. The van der Waals surface area contributed by atoms with Gasteiger partial charge in [0.25, 0.3) is 0 Å². The summed E-state index contributed by atoms with van der Waals surface area (Å²) >= 11 is 6.61. The Hall–Kier alpha value is -3.27. The van der Waals surface area contributed by atoms with Crippen LogP contribution in [0.4, 0.5) is 10.2 Å². The van der Waals surface area contributed by atoms with Crippen LogP contribution in [-0.4, -0.2) is 76.4 Å². The van der Waals surface area contributed by atoms with Gasteiger partial charge in [-0.2, -0.15) is 9.97 Å². The number of aromatic nitrogens is 3. The molecule has 4 aromatic rings. The number of hydrogen-bond donors (Lipinski definition) is 2. The van der Waals surface area contributed by atoms with Crippen molar-refractivity contribution in [3.8, 4) is 23.0 Å². The number of benzene rings is 2. The number of aromatic hydroxyl groups is 1. The fourth-order valence-electron chi connectivity index (χ4n) is 8.70. The van der Waals surface area contributed by atoms with Gasteiger partial charge in [-0.25, -0.2) is 4.39 Å². The molecular formula is C35H38ClFN6O2. The van der Waals surface area contributed by atoms with E-state index in [-0.39, 0.29) is 28.4 Å². The average molecular weight is 629 g/mol. The Morgan fingerprint density at radius 2 is 1.80 bits per heavy atom. The molecule has 234 valence electrons. The summed E-state index contributed by atoms with van der Waals surface area (Å²) in [7, 11) is 0. The Balaban J connectivity index is 1.09. The molecule has 5 aliphatic rings. The third kappa shape index (κ3) is 5.07. The highest BCUT2D eigenvalue weighted by molar-refractivity contribution is 6.36. The lowest BCUT2D eigenvalue weighted by Gasteiger charge is -2.35. The summed E-state index contributed by atoms with van der Waals surface area (Å²) in [6.45, 7) is 5.57. The number of pyridine rings is 1. The molecule has 0 radical (unpaired) electrons. The van der Waals surface area contributed by atoms with Crippen LogP contribution in [0.15, 0.2) is 36.5 Å². The van der Waals surface area contributed by atoms with Crippen molar-refractivity contribution in [2.45, 2.75) is 57.0 Å². The molecule has 4 atom stereocenters. The molecule has 3 aliphatic heterocycles. The summed E-state index contributed by atoms with van der Waals surface area (Å²) in [5.74, 6) is 1.82. The minimum Gasteiger partial charge on any atom is -0.508 e. The van der Waals surface area contributed by atoms with Gasteiger partial charge in [0.1, 0.15) is 22.8 Å². The van der Waals surface area contributed by atoms with Crippen molar-refractivity contribution in [3.05, 3.63) is 47.4 Å². The normalized spacial score (nSPS) is 27.0. The van der Waals surface area contributed by atoms with Crippen molar-refractivity contribution in [1.29, 1.82) is 0 Å². The van der Waals surface area contributed by atoms with Gasteiger partial charge in [-0.1, -0.05) is 23.7 Å². The topological polar surface area (TPSA) is 86.6 Å². The summed E-state index contributed by atoms with van der Waals surface area (Å²) < 4.78 is 23.2. The van der Waals surface area contributed by atoms with E-state index in [0.717, 1.165) is 57.2 Å². The van der Waals surface area contributed by atoms with Gasteiger partial charge < -0.3 is 25.0 Å². The molecule has 4 bridgehead atoms. The number of ether oxygens (including phenoxy) is 1. The van der Waals surface area contributed by atoms with Crippen LogP contribution in [0.3, 0.4) is 0 Å². The average Bonchev–Trinajstić information content (AvgIpc) is 3.59. The first kappa shape index (κ1) is 28.0. The molecular weight excluding hydrogens is 591 g/mol. The van der Waals surface area contributed by atoms with Crippen LogP contribution < -0.4 is 15.0 Å². The van der Waals surface area contributed by atoms with Crippen LogP contribution >= 0.6 is 11.6 Å². The zero-order valence-electron chi connectivity index (χ0n) is 25.3. The maximum Gasteiger partial charge on any atom is 0.319 e. The van der Waals surface area contributed by atoms with Crippen LogP contribution in [0.5, 0.6) is 11.8 Å². The Kier molecular flexibility index (Phi) is 6.62. The maximum absolute atomic E-state index is 16.7. The van der Waals surface area contributed by atoms with Crippen LogP contribution in [0.25, 0.3) is 32.9 Å². The summed E-state index contributed by atoms with van der Waals surface area (Å²) in [6.07, 6.45) is 10.3. The van der Waals surface area contributed by atoms with E-state index in [2.05, 4.69) is 20.1 Å². The summed E-state index contributed by atoms with van der Waals surface area (Å²) in [5, 5.41) is 16.6. The molecule has 9 rings (SSSR count). The molecule has 5 fully saturated rings. The standard InChI is InChI=1S/C35H38ClFN6O2/c36-28-3-1-2-22-11-25(44)12-26(29(22)28)31-30(37)32-27(13-38-31)33(43-16-23-6-7-24(17-43)39-23)41-34(40-32)45-19-35(8-9-35)18-42-14-20-4-5-21(10-20)15-42/h1-3,11-13,20-21,23-24,39,44H,4-10,14-19H2/t20?,21?,23-,24+.